The van der Waals surface area contributed by atoms with Crippen molar-refractivity contribution in [2.24, 2.45) is 0 Å². The van der Waals surface area contributed by atoms with Crippen LogP contribution < -0.4 is 0 Å². The summed E-state index contributed by atoms with van der Waals surface area (Å²) < 4.78 is 3.31. The Kier molecular flexibility index (Phi) is 18.3. The van der Waals surface area contributed by atoms with Crippen LogP contribution in [-0.2, 0) is 0 Å². The second-order valence-corrected chi connectivity index (χ2v) is 30.7. The zero-order chi connectivity index (χ0) is 78.2. The summed E-state index contributed by atoms with van der Waals surface area (Å²) >= 11 is 3.33. The van der Waals surface area contributed by atoms with E-state index in [0.29, 0.717) is 34.9 Å². The highest BCUT2D eigenvalue weighted by Crippen LogP contribution is 2.44. The van der Waals surface area contributed by atoms with Crippen LogP contribution in [0.4, 0.5) is 0 Å². The van der Waals surface area contributed by atoms with Crippen LogP contribution in [0, 0.1) is 0 Å². The Morgan fingerprint density at radius 2 is 0.542 bits per heavy atom. The van der Waals surface area contributed by atoms with Gasteiger partial charge in [-0.25, -0.2) is 44.9 Å². The molecule has 0 spiro atoms. The molecule has 15 heteroatoms. The number of aromatic nitrogens is 13. The van der Waals surface area contributed by atoms with E-state index >= 15 is 0 Å². The van der Waals surface area contributed by atoms with Crippen molar-refractivity contribution in [1.29, 1.82) is 0 Å². The highest BCUT2D eigenvalue weighted by Gasteiger charge is 2.22. The van der Waals surface area contributed by atoms with Crippen LogP contribution >= 0.6 is 22.7 Å². The number of rotatable bonds is 14. The van der Waals surface area contributed by atoms with Gasteiger partial charge in [-0.15, -0.1) is 32.9 Å². The van der Waals surface area contributed by atoms with Gasteiger partial charge in [0.25, 0.3) is 0 Å². The Balaban J connectivity index is 0.000000147. The van der Waals surface area contributed by atoms with E-state index in [2.05, 4.69) is 288 Å². The summed E-state index contributed by atoms with van der Waals surface area (Å²) in [4.78, 5) is 50.5. The fourth-order valence-corrected chi connectivity index (χ4v) is 17.5. The van der Waals surface area contributed by atoms with Gasteiger partial charge in [0.15, 0.2) is 34.9 Å². The molecule has 0 aliphatic carbocycles. The first-order chi connectivity index (χ1) is 58.4. The lowest BCUT2D eigenvalue weighted by Crippen LogP contribution is -2.00. The van der Waals surface area contributed by atoms with E-state index < -0.39 is 0 Å². The third kappa shape index (κ3) is 13.9. The monoisotopic (exact) mass is 1550 g/mol. The zero-order valence-corrected chi connectivity index (χ0v) is 64.6. The lowest BCUT2D eigenvalue weighted by molar-refractivity contribution is 0.904. The predicted octanol–water partition coefficient (Wildman–Crippen LogP) is 25.9. The van der Waals surface area contributed by atoms with E-state index in [1.165, 1.54) is 26.6 Å². The van der Waals surface area contributed by atoms with Gasteiger partial charge >= 0.3 is 0 Å². The molecule has 0 saturated carbocycles. The molecule has 8 aromatic heterocycles. The van der Waals surface area contributed by atoms with Gasteiger partial charge in [-0.2, -0.15) is 0 Å². The minimum absolute atomic E-state index is 0.618. The minimum Gasteiger partial charge on any atom is -0.254 e. The van der Waals surface area contributed by atoms with Crippen LogP contribution in [0.5, 0.6) is 0 Å². The van der Waals surface area contributed by atoms with Crippen molar-refractivity contribution in [2.75, 3.05) is 0 Å². The minimum atomic E-state index is 0.618. The molecule has 0 aliphatic heterocycles. The van der Waals surface area contributed by atoms with Gasteiger partial charge in [0.1, 0.15) is 21.6 Å². The third-order valence-corrected chi connectivity index (χ3v) is 23.4. The van der Waals surface area contributed by atoms with Gasteiger partial charge in [0, 0.05) is 66.2 Å². The number of para-hydroxylation sites is 2. The molecule has 8 heterocycles. The van der Waals surface area contributed by atoms with Gasteiger partial charge in [0.05, 0.1) is 37.2 Å². The van der Waals surface area contributed by atoms with E-state index in [1.54, 1.807) is 22.7 Å². The van der Waals surface area contributed by atoms with Crippen molar-refractivity contribution in [2.45, 2.75) is 0 Å². The summed E-state index contributed by atoms with van der Waals surface area (Å²) in [5, 5.41) is 15.3. The number of thiophene rings is 2. The molecule has 0 atom stereocenters. The molecule has 552 valence electrons. The third-order valence-electron chi connectivity index (χ3n) is 21.2. The van der Waals surface area contributed by atoms with Gasteiger partial charge in [-0.05, 0) is 127 Å². The second-order valence-electron chi connectivity index (χ2n) is 28.6. The Morgan fingerprint density at radius 3 is 1.04 bits per heavy atom. The smallest absolute Gasteiger partial charge is 0.164 e. The fourth-order valence-electron chi connectivity index (χ4n) is 15.2. The first kappa shape index (κ1) is 70.3. The molecule has 118 heavy (non-hydrogen) atoms. The van der Waals surface area contributed by atoms with Crippen molar-refractivity contribution in [3.63, 3.8) is 0 Å². The lowest BCUT2D eigenvalue weighted by atomic mass is 9.96. The van der Waals surface area contributed by atoms with Crippen LogP contribution in [0.1, 0.15) is 0 Å². The summed E-state index contributed by atoms with van der Waals surface area (Å²) in [6, 6.07) is 130. The average Bonchev–Trinajstić information content (AvgIpc) is 1.58. The van der Waals surface area contributed by atoms with Crippen LogP contribution in [-0.4, -0.2) is 65.3 Å². The summed E-state index contributed by atoms with van der Waals surface area (Å²) in [5.74, 6) is 3.76. The standard InChI is InChI=1S/C53H33N5S.C50H30N8S/c1-3-13-34(14-4-1)35-26-28-37(29-27-35)52-56-51(36-15-5-2-6-16-36)57-53(58-52)43-22-11-20-41(33-43)39-18-9-17-38(31-39)40-19-10-21-42(32-40)48-50-47(44-23-7-8-25-46(44)59-50)49-45(55-48)24-12-30-54-49;1-3-10-31(11-4-1)32-24-28-38(29-25-32)48-53-47(37-12-5-2-6-13-37)54-49(55-48)40-15-9-14-39(30-40)35-20-18-33(19-21-35)34-22-26-36(27-23-34)43-46-44(57-58-56-43)45-50(59-46)52-42-17-8-7-16-41(42)51-45/h1-33H;1-30H. The van der Waals surface area contributed by atoms with Gasteiger partial charge < -0.3 is 0 Å². The van der Waals surface area contributed by atoms with E-state index in [9.17, 15) is 0 Å². The van der Waals surface area contributed by atoms with Crippen LogP contribution in [0.3, 0.4) is 0 Å². The molecule has 22 aromatic rings. The van der Waals surface area contributed by atoms with Gasteiger partial charge in [0.2, 0.25) is 0 Å². The van der Waals surface area contributed by atoms with Crippen molar-refractivity contribution < 1.29 is 0 Å². The zero-order valence-electron chi connectivity index (χ0n) is 63.0. The molecule has 14 aromatic carbocycles. The predicted molar refractivity (Wildman–Crippen MR) is 481 cm³/mol. The van der Waals surface area contributed by atoms with E-state index in [4.69, 9.17) is 49.8 Å². The van der Waals surface area contributed by atoms with Crippen LogP contribution in [0.25, 0.3) is 220 Å². The van der Waals surface area contributed by atoms with Crippen molar-refractivity contribution >= 4 is 85.5 Å². The largest absolute Gasteiger partial charge is 0.254 e. The van der Waals surface area contributed by atoms with E-state index in [-0.39, 0.29) is 0 Å². The Bertz CT molecular complexity index is 7520. The number of fused-ring (bicyclic) bond motifs is 9. The molecule has 22 rings (SSSR count). The molecular formula is C103H63N13S2. The van der Waals surface area contributed by atoms with Crippen molar-refractivity contribution in [3.8, 4) is 158 Å². The van der Waals surface area contributed by atoms with Crippen molar-refractivity contribution in [3.05, 3.63) is 382 Å². The summed E-state index contributed by atoms with van der Waals surface area (Å²) in [6.45, 7) is 0. The van der Waals surface area contributed by atoms with Crippen LogP contribution in [0.15, 0.2) is 382 Å². The molecule has 0 saturated heterocycles. The molecule has 0 N–H and O–H groups in total. The summed E-state index contributed by atoms with van der Waals surface area (Å²) in [7, 11) is 0. The maximum absolute atomic E-state index is 5.21. The van der Waals surface area contributed by atoms with Gasteiger partial charge in [-0.3, -0.25) is 4.98 Å². The quantitative estimate of drug-likeness (QED) is 0.101. The SMILES string of the molecule is c1ccc(-c2ccc(-c3nc(-c4ccccc4)nc(-c4cccc(-c5ccc(-c6ccc(-c7nnnc8c7sc7nc9ccccc9nc78)cc6)cc5)c4)n3)cc2)cc1.c1ccc(-c2ccc(-c3nc(-c4ccccc4)nc(-c4cccc(-c5cccc(-c6cccc(-c7nc8cccnc8c8c7sc7ccccc78)c6)c5)c4)n3)cc2)cc1. The lowest BCUT2D eigenvalue weighted by Gasteiger charge is -2.11. The van der Waals surface area contributed by atoms with Crippen molar-refractivity contribution in [1.82, 2.24) is 65.3 Å². The average molecular weight is 1550 g/mol. The molecule has 13 nitrogen and oxygen atoms in total. The molecule has 0 fully saturated rings. The number of hydrogen-bond donors (Lipinski definition) is 0. The second kappa shape index (κ2) is 30.8. The Hall–Kier alpha value is -15.6. The first-order valence-electron chi connectivity index (χ1n) is 38.7. The Labute approximate surface area is 685 Å². The molecule has 0 aliphatic rings. The van der Waals surface area contributed by atoms with E-state index in [0.717, 1.165) is 159 Å². The number of hydrogen-bond acceptors (Lipinski definition) is 15. The normalized spacial score (nSPS) is 11.4. The van der Waals surface area contributed by atoms with Crippen LogP contribution in [0.2, 0.25) is 0 Å². The maximum atomic E-state index is 5.21. The first-order valence-corrected chi connectivity index (χ1v) is 40.4. The maximum Gasteiger partial charge on any atom is 0.164 e. The number of pyridine rings is 2. The fraction of sp³-hybridized carbons (Fsp3) is 0. The molecule has 0 unspecified atom stereocenters. The topological polar surface area (TPSA) is 168 Å². The highest BCUT2D eigenvalue weighted by molar-refractivity contribution is 7.26. The Morgan fingerprint density at radius 1 is 0.195 bits per heavy atom. The molecular weight excluding hydrogens is 1480 g/mol. The number of nitrogens with zero attached hydrogens (tertiary/aromatic N) is 13. The molecule has 0 amide bonds. The summed E-state index contributed by atoms with van der Waals surface area (Å²) in [6.07, 6.45) is 1.86. The molecule has 0 bridgehead atoms. The van der Waals surface area contributed by atoms with E-state index in [1.807, 2.05) is 109 Å². The van der Waals surface area contributed by atoms with Gasteiger partial charge in [-0.1, -0.05) is 322 Å². The highest BCUT2D eigenvalue weighted by atomic mass is 32.1. The number of benzene rings is 14. The molecule has 0 radical (unpaired) electrons. The summed E-state index contributed by atoms with van der Waals surface area (Å²) in [5.41, 5.74) is 27.7.